The number of aromatic amines is 1. The van der Waals surface area contributed by atoms with E-state index in [0.717, 1.165) is 33.5 Å². The van der Waals surface area contributed by atoms with E-state index >= 15 is 0 Å². The number of nitrogens with zero attached hydrogens (tertiary/aromatic N) is 1. The van der Waals surface area contributed by atoms with E-state index in [1.54, 1.807) is 0 Å². The maximum absolute atomic E-state index is 13.7. The second-order valence-corrected chi connectivity index (χ2v) is 7.53. The average Bonchev–Trinajstić information content (AvgIpc) is 3.41. The third-order valence-electron chi connectivity index (χ3n) is 5.53. The molecule has 5 heteroatoms. The third kappa shape index (κ3) is 3.33. The van der Waals surface area contributed by atoms with E-state index in [4.69, 9.17) is 9.47 Å². The van der Waals surface area contributed by atoms with Crippen molar-refractivity contribution in [2.45, 2.75) is 12.6 Å². The summed E-state index contributed by atoms with van der Waals surface area (Å²) in [5.74, 6) is 1.58. The third-order valence-corrected chi connectivity index (χ3v) is 5.53. The molecular weight excluding hydrogens is 376 g/mol. The Morgan fingerprint density at radius 3 is 2.63 bits per heavy atom. The van der Waals surface area contributed by atoms with E-state index in [0.29, 0.717) is 12.1 Å². The minimum absolute atomic E-state index is 0.0712. The lowest BCUT2D eigenvalue weighted by Crippen LogP contribution is -2.30. The highest BCUT2D eigenvalue weighted by Crippen LogP contribution is 2.34. The molecule has 0 bridgehead atoms. The smallest absolute Gasteiger partial charge is 0.231 e. The minimum Gasteiger partial charge on any atom is -0.454 e. The van der Waals surface area contributed by atoms with Gasteiger partial charge < -0.3 is 14.5 Å². The Morgan fingerprint density at radius 2 is 1.77 bits per heavy atom. The fourth-order valence-corrected chi connectivity index (χ4v) is 4.08. The Bertz CT molecular complexity index is 1200. The van der Waals surface area contributed by atoms with Crippen LogP contribution in [-0.2, 0) is 6.54 Å². The maximum atomic E-state index is 13.7. The Hall–Kier alpha value is -3.57. The molecule has 1 aliphatic heterocycles. The Labute approximate surface area is 174 Å². The van der Waals surface area contributed by atoms with E-state index in [1.165, 1.54) is 0 Å². The van der Waals surface area contributed by atoms with Crippen LogP contribution in [0.25, 0.3) is 10.9 Å². The van der Waals surface area contributed by atoms with Gasteiger partial charge in [-0.1, -0.05) is 54.6 Å². The number of hydrogen-bond acceptors (Lipinski definition) is 4. The first-order chi connectivity index (χ1) is 14.7. The van der Waals surface area contributed by atoms with Crippen molar-refractivity contribution in [1.82, 2.24) is 9.88 Å². The highest BCUT2D eigenvalue weighted by molar-refractivity contribution is 6.10. The number of hydrogen-bond donors (Lipinski definition) is 1. The van der Waals surface area contributed by atoms with Gasteiger partial charge >= 0.3 is 0 Å². The number of nitrogens with one attached hydrogen (secondary N) is 1. The number of para-hydroxylation sites is 1. The monoisotopic (exact) mass is 398 g/mol. The summed E-state index contributed by atoms with van der Waals surface area (Å²) in [7, 11) is 1.98. The number of benzene rings is 3. The number of carbonyl (C=O) groups excluding carboxylic acids is 1. The first-order valence-electron chi connectivity index (χ1n) is 9.95. The second kappa shape index (κ2) is 7.69. The molecule has 0 fully saturated rings. The van der Waals surface area contributed by atoms with Gasteiger partial charge in [0.25, 0.3) is 0 Å². The van der Waals surface area contributed by atoms with E-state index in [-0.39, 0.29) is 12.6 Å². The Morgan fingerprint density at radius 1 is 1.00 bits per heavy atom. The molecule has 0 spiro atoms. The second-order valence-electron chi connectivity index (χ2n) is 7.53. The van der Waals surface area contributed by atoms with Gasteiger partial charge in [0.15, 0.2) is 17.3 Å². The summed E-state index contributed by atoms with van der Waals surface area (Å²) in [6, 6.07) is 23.3. The van der Waals surface area contributed by atoms with Gasteiger partial charge in [0.1, 0.15) is 0 Å². The summed E-state index contributed by atoms with van der Waals surface area (Å²) in [5, 5.41) is 0.944. The van der Waals surface area contributed by atoms with Crippen molar-refractivity contribution in [2.24, 2.45) is 0 Å². The molecule has 0 aliphatic carbocycles. The Balaban J connectivity index is 1.49. The van der Waals surface area contributed by atoms with Gasteiger partial charge in [0.2, 0.25) is 6.79 Å². The first-order valence-corrected chi connectivity index (χ1v) is 9.95. The molecule has 5 rings (SSSR count). The predicted molar refractivity (Wildman–Crippen MR) is 116 cm³/mol. The molecule has 1 aromatic heterocycles. The number of carbonyl (C=O) groups is 1. The molecule has 0 unspecified atom stereocenters. The van der Waals surface area contributed by atoms with Gasteiger partial charge in [0.05, 0.1) is 6.04 Å². The van der Waals surface area contributed by atoms with Gasteiger partial charge in [-0.15, -0.1) is 0 Å². The molecule has 0 amide bonds. The normalized spacial score (nSPS) is 13.7. The molecule has 0 radical (unpaired) electrons. The van der Waals surface area contributed by atoms with Crippen LogP contribution < -0.4 is 9.47 Å². The molecule has 3 aromatic carbocycles. The average molecular weight is 398 g/mol. The number of ether oxygens (including phenoxy) is 2. The van der Waals surface area contributed by atoms with Crippen LogP contribution in [0.1, 0.15) is 27.5 Å². The molecule has 2 heterocycles. The lowest BCUT2D eigenvalue weighted by atomic mass is 9.95. The molecule has 0 saturated heterocycles. The van der Waals surface area contributed by atoms with Crippen LogP contribution in [0.3, 0.4) is 0 Å². The van der Waals surface area contributed by atoms with Gasteiger partial charge in [-0.25, -0.2) is 0 Å². The first kappa shape index (κ1) is 18.5. The SMILES string of the molecule is CN(Cc1ccc2c(c1)OCO2)[C@H](C(=O)c1c[nH]c2ccccc12)c1ccccc1. The van der Waals surface area contributed by atoms with Crippen LogP contribution in [0.15, 0.2) is 79.0 Å². The lowest BCUT2D eigenvalue weighted by molar-refractivity contribution is 0.0845. The number of Topliss-reactive ketones (excluding diaryl/α,β-unsaturated/α-hetero) is 1. The van der Waals surface area contributed by atoms with Gasteiger partial charge in [0, 0.05) is 29.2 Å². The molecule has 5 nitrogen and oxygen atoms in total. The van der Waals surface area contributed by atoms with Gasteiger partial charge in [-0.2, -0.15) is 0 Å². The van der Waals surface area contributed by atoms with Crippen LogP contribution in [0.2, 0.25) is 0 Å². The molecule has 0 saturated carbocycles. The zero-order chi connectivity index (χ0) is 20.5. The van der Waals surface area contributed by atoms with Crippen molar-refractivity contribution in [3.05, 3.63) is 95.7 Å². The van der Waals surface area contributed by atoms with Crippen LogP contribution in [0.4, 0.5) is 0 Å². The van der Waals surface area contributed by atoms with Crippen molar-refractivity contribution in [2.75, 3.05) is 13.8 Å². The highest BCUT2D eigenvalue weighted by atomic mass is 16.7. The van der Waals surface area contributed by atoms with E-state index < -0.39 is 6.04 Å². The lowest BCUT2D eigenvalue weighted by Gasteiger charge is -2.27. The standard InChI is InChI=1S/C25H22N2O3/c1-27(15-17-11-12-22-23(13-17)30-16-29-22)24(18-7-3-2-4-8-18)25(28)20-14-26-21-10-6-5-9-19(20)21/h2-14,24,26H,15-16H2,1H3/t24-/m0/s1. The molecule has 1 atom stereocenters. The number of H-pyrrole nitrogens is 1. The summed E-state index contributed by atoms with van der Waals surface area (Å²) < 4.78 is 10.9. The molecule has 150 valence electrons. The fourth-order valence-electron chi connectivity index (χ4n) is 4.08. The highest BCUT2D eigenvalue weighted by Gasteiger charge is 2.28. The fraction of sp³-hybridized carbons (Fsp3) is 0.160. The topological polar surface area (TPSA) is 54.6 Å². The zero-order valence-electron chi connectivity index (χ0n) is 16.7. The van der Waals surface area contributed by atoms with E-state index in [9.17, 15) is 4.79 Å². The largest absolute Gasteiger partial charge is 0.454 e. The van der Waals surface area contributed by atoms with Crippen molar-refractivity contribution in [3.63, 3.8) is 0 Å². The summed E-state index contributed by atoms with van der Waals surface area (Å²) >= 11 is 0. The van der Waals surface area contributed by atoms with Crippen LogP contribution in [-0.4, -0.2) is 29.5 Å². The van der Waals surface area contributed by atoms with Crippen molar-refractivity contribution >= 4 is 16.7 Å². The van der Waals surface area contributed by atoms with Crippen LogP contribution in [0.5, 0.6) is 11.5 Å². The number of aromatic nitrogens is 1. The van der Waals surface area contributed by atoms with Gasteiger partial charge in [-0.05, 0) is 36.4 Å². The Kier molecular flexibility index (Phi) is 4.73. The summed E-state index contributed by atoms with van der Waals surface area (Å²) in [6.45, 7) is 0.852. The molecule has 30 heavy (non-hydrogen) atoms. The number of rotatable bonds is 6. The maximum Gasteiger partial charge on any atom is 0.231 e. The molecule has 1 N–H and O–H groups in total. The van der Waals surface area contributed by atoms with Gasteiger partial charge in [-0.3, -0.25) is 9.69 Å². The number of likely N-dealkylation sites (N-methyl/N-ethyl adjacent to an activating group) is 1. The minimum atomic E-state index is -0.407. The molecule has 4 aromatic rings. The number of ketones is 1. The summed E-state index contributed by atoms with van der Waals surface area (Å²) in [6.07, 6.45) is 1.82. The summed E-state index contributed by atoms with van der Waals surface area (Å²) in [4.78, 5) is 19.0. The van der Waals surface area contributed by atoms with Crippen LogP contribution >= 0.6 is 0 Å². The number of fused-ring (bicyclic) bond motifs is 2. The van der Waals surface area contributed by atoms with Crippen molar-refractivity contribution < 1.29 is 14.3 Å². The zero-order valence-corrected chi connectivity index (χ0v) is 16.7. The van der Waals surface area contributed by atoms with E-state index in [2.05, 4.69) is 9.88 Å². The van der Waals surface area contributed by atoms with Crippen LogP contribution in [0, 0.1) is 0 Å². The molecule has 1 aliphatic rings. The molecular formula is C25H22N2O3. The summed E-state index contributed by atoms with van der Waals surface area (Å²) in [5.41, 5.74) is 3.70. The van der Waals surface area contributed by atoms with Crippen molar-refractivity contribution in [3.8, 4) is 11.5 Å². The van der Waals surface area contributed by atoms with Crippen molar-refractivity contribution in [1.29, 1.82) is 0 Å². The van der Waals surface area contributed by atoms with E-state index in [1.807, 2.05) is 86.0 Å². The quantitative estimate of drug-likeness (QED) is 0.467. The predicted octanol–water partition coefficient (Wildman–Crippen LogP) is 4.95.